The summed E-state index contributed by atoms with van der Waals surface area (Å²) in [5, 5.41) is 0. The summed E-state index contributed by atoms with van der Waals surface area (Å²) < 4.78 is 5.60. The predicted molar refractivity (Wildman–Crippen MR) is 76.3 cm³/mol. The Balaban J connectivity index is 1.86. The number of likely N-dealkylation sites (tertiary alicyclic amines) is 1. The van der Waals surface area contributed by atoms with Crippen molar-refractivity contribution >= 4 is 5.91 Å². The van der Waals surface area contributed by atoms with Crippen molar-refractivity contribution in [3.63, 3.8) is 0 Å². The zero-order chi connectivity index (χ0) is 14.8. The lowest BCUT2D eigenvalue weighted by atomic mass is 9.84. The molecule has 1 unspecified atom stereocenters. The second-order valence-electron chi connectivity index (χ2n) is 6.34. The van der Waals surface area contributed by atoms with E-state index in [0.717, 1.165) is 13.1 Å². The second kappa shape index (κ2) is 5.77. The third kappa shape index (κ3) is 3.46. The molecule has 1 aromatic rings. The Hall–Kier alpha value is -1.65. The average molecular weight is 277 g/mol. The van der Waals surface area contributed by atoms with Crippen molar-refractivity contribution in [3.8, 4) is 5.88 Å². The number of ether oxygens (including phenoxy) is 1. The van der Waals surface area contributed by atoms with Gasteiger partial charge >= 0.3 is 0 Å². The molecule has 2 heterocycles. The highest BCUT2D eigenvalue weighted by atomic mass is 16.5. The number of aromatic nitrogens is 2. The predicted octanol–water partition coefficient (Wildman–Crippen LogP) is 2.14. The molecule has 1 aliphatic rings. The molecule has 2 atom stereocenters. The lowest BCUT2D eigenvalue weighted by Crippen LogP contribution is -2.33. The molecule has 0 saturated carbocycles. The van der Waals surface area contributed by atoms with Gasteiger partial charge in [0.25, 0.3) is 0 Å². The van der Waals surface area contributed by atoms with E-state index in [9.17, 15) is 4.79 Å². The fourth-order valence-electron chi connectivity index (χ4n) is 2.45. The Kier molecular flexibility index (Phi) is 4.26. The molecule has 2 rings (SSSR count). The third-order valence-corrected chi connectivity index (χ3v) is 4.10. The zero-order valence-corrected chi connectivity index (χ0v) is 12.7. The van der Waals surface area contributed by atoms with Gasteiger partial charge in [0.1, 0.15) is 6.10 Å². The number of hydrogen-bond acceptors (Lipinski definition) is 4. The molecule has 110 valence electrons. The summed E-state index contributed by atoms with van der Waals surface area (Å²) in [5.41, 5.74) is 0.199. The van der Waals surface area contributed by atoms with Crippen LogP contribution in [0, 0.1) is 11.3 Å². The maximum Gasteiger partial charge on any atom is 0.232 e. The first kappa shape index (κ1) is 14.8. The molecule has 0 aromatic carbocycles. The molecular formula is C15H23N3O2. The number of amides is 1. The van der Waals surface area contributed by atoms with Crippen LogP contribution in [0.2, 0.25) is 0 Å². The van der Waals surface area contributed by atoms with E-state index in [-0.39, 0.29) is 17.4 Å². The van der Waals surface area contributed by atoms with Crippen LogP contribution in [0.25, 0.3) is 0 Å². The van der Waals surface area contributed by atoms with E-state index >= 15 is 0 Å². The molecule has 1 saturated heterocycles. The van der Waals surface area contributed by atoms with Crippen molar-refractivity contribution < 1.29 is 9.53 Å². The third-order valence-electron chi connectivity index (χ3n) is 4.10. The van der Waals surface area contributed by atoms with Gasteiger partial charge in [-0.05, 0) is 18.3 Å². The van der Waals surface area contributed by atoms with Crippen LogP contribution in [0.3, 0.4) is 0 Å². The summed E-state index contributed by atoms with van der Waals surface area (Å²) in [6.07, 6.45) is 4.91. The second-order valence-corrected chi connectivity index (χ2v) is 6.34. The minimum Gasteiger partial charge on any atom is -0.473 e. The molecule has 0 bridgehead atoms. The molecule has 5 nitrogen and oxygen atoms in total. The van der Waals surface area contributed by atoms with E-state index in [2.05, 4.69) is 30.7 Å². The smallest absolute Gasteiger partial charge is 0.232 e. The van der Waals surface area contributed by atoms with Gasteiger partial charge in [-0.3, -0.25) is 9.78 Å². The molecule has 1 fully saturated rings. The van der Waals surface area contributed by atoms with Crippen molar-refractivity contribution in [2.24, 2.45) is 11.3 Å². The van der Waals surface area contributed by atoms with E-state index in [1.807, 2.05) is 11.8 Å². The highest BCUT2D eigenvalue weighted by molar-refractivity contribution is 5.77. The molecule has 0 N–H and O–H groups in total. The quantitative estimate of drug-likeness (QED) is 0.846. The van der Waals surface area contributed by atoms with Crippen LogP contribution >= 0.6 is 0 Å². The fraction of sp³-hybridized carbons (Fsp3) is 0.667. The van der Waals surface area contributed by atoms with E-state index < -0.39 is 0 Å². The van der Waals surface area contributed by atoms with Gasteiger partial charge in [0, 0.05) is 25.5 Å². The molecule has 0 spiro atoms. The molecule has 1 aliphatic heterocycles. The Morgan fingerprint density at radius 1 is 1.55 bits per heavy atom. The first-order valence-corrected chi connectivity index (χ1v) is 7.09. The summed E-state index contributed by atoms with van der Waals surface area (Å²) in [7, 11) is 0. The van der Waals surface area contributed by atoms with Gasteiger partial charge in [-0.1, -0.05) is 20.8 Å². The topological polar surface area (TPSA) is 55.3 Å². The highest BCUT2D eigenvalue weighted by Crippen LogP contribution is 2.34. The van der Waals surface area contributed by atoms with Gasteiger partial charge in [0.2, 0.25) is 11.8 Å². The van der Waals surface area contributed by atoms with Gasteiger partial charge in [0.05, 0.1) is 12.6 Å². The molecule has 20 heavy (non-hydrogen) atoms. The monoisotopic (exact) mass is 277 g/mol. The molecular weight excluding hydrogens is 254 g/mol. The van der Waals surface area contributed by atoms with Gasteiger partial charge in [-0.15, -0.1) is 0 Å². The van der Waals surface area contributed by atoms with Crippen LogP contribution < -0.4 is 4.74 Å². The van der Waals surface area contributed by atoms with Crippen LogP contribution in [0.15, 0.2) is 18.6 Å². The summed E-state index contributed by atoms with van der Waals surface area (Å²) in [6.45, 7) is 10.2. The maximum atomic E-state index is 12.3. The zero-order valence-electron chi connectivity index (χ0n) is 12.7. The van der Waals surface area contributed by atoms with Crippen molar-refractivity contribution in [3.05, 3.63) is 18.6 Å². The van der Waals surface area contributed by atoms with Crippen molar-refractivity contribution in [1.29, 1.82) is 0 Å². The number of hydrogen-bond donors (Lipinski definition) is 0. The average Bonchev–Trinajstić information content (AvgIpc) is 2.65. The van der Waals surface area contributed by atoms with E-state index in [0.29, 0.717) is 18.2 Å². The van der Waals surface area contributed by atoms with Gasteiger partial charge < -0.3 is 9.64 Å². The Morgan fingerprint density at radius 3 is 2.85 bits per heavy atom. The first-order chi connectivity index (χ1) is 9.38. The van der Waals surface area contributed by atoms with Gasteiger partial charge in [-0.25, -0.2) is 4.98 Å². The van der Waals surface area contributed by atoms with E-state index in [1.54, 1.807) is 18.6 Å². The minimum atomic E-state index is -0.196. The lowest BCUT2D eigenvalue weighted by molar-refractivity contribution is -0.132. The van der Waals surface area contributed by atoms with Crippen LogP contribution in [0.5, 0.6) is 5.88 Å². The normalized spacial score (nSPS) is 22.6. The van der Waals surface area contributed by atoms with Crippen LogP contribution in [-0.4, -0.2) is 40.0 Å². The standard InChI is InChI=1S/C15H23N3O2/c1-11-9-18(10-15(11,3)4)14(19)7-12(2)20-13-8-16-5-6-17-13/h5-6,8,11-12H,7,9-10H2,1-4H3/t11?,12-/m1/s1. The van der Waals surface area contributed by atoms with Gasteiger partial charge in [0.15, 0.2) is 0 Å². The molecule has 0 radical (unpaired) electrons. The molecule has 1 amide bonds. The summed E-state index contributed by atoms with van der Waals surface area (Å²) >= 11 is 0. The first-order valence-electron chi connectivity index (χ1n) is 7.09. The number of rotatable bonds is 4. The van der Waals surface area contributed by atoms with Crippen molar-refractivity contribution in [1.82, 2.24) is 14.9 Å². The Morgan fingerprint density at radius 2 is 2.30 bits per heavy atom. The van der Waals surface area contributed by atoms with E-state index in [1.165, 1.54) is 0 Å². The molecule has 0 aliphatic carbocycles. The SMILES string of the molecule is CC1CN(C(=O)C[C@@H](C)Oc2cnccn2)CC1(C)C. The Bertz CT molecular complexity index is 461. The van der Waals surface area contributed by atoms with Crippen molar-refractivity contribution in [2.75, 3.05) is 13.1 Å². The minimum absolute atomic E-state index is 0.152. The van der Waals surface area contributed by atoms with Crippen LogP contribution in [0.1, 0.15) is 34.1 Å². The number of nitrogens with zero attached hydrogens (tertiary/aromatic N) is 3. The highest BCUT2D eigenvalue weighted by Gasteiger charge is 2.38. The number of carbonyl (C=O) groups excluding carboxylic acids is 1. The van der Waals surface area contributed by atoms with E-state index in [4.69, 9.17) is 4.74 Å². The summed E-state index contributed by atoms with van der Waals surface area (Å²) in [5.74, 6) is 1.14. The largest absolute Gasteiger partial charge is 0.473 e. The maximum absolute atomic E-state index is 12.3. The van der Waals surface area contributed by atoms with Crippen LogP contribution in [0.4, 0.5) is 0 Å². The Labute approximate surface area is 120 Å². The summed E-state index contributed by atoms with van der Waals surface area (Å²) in [4.78, 5) is 22.2. The van der Waals surface area contributed by atoms with Crippen LogP contribution in [-0.2, 0) is 4.79 Å². The fourth-order valence-corrected chi connectivity index (χ4v) is 2.45. The summed E-state index contributed by atoms with van der Waals surface area (Å²) in [6, 6.07) is 0. The van der Waals surface area contributed by atoms with Gasteiger partial charge in [-0.2, -0.15) is 0 Å². The molecule has 5 heteroatoms. The number of carbonyl (C=O) groups is 1. The van der Waals surface area contributed by atoms with Crippen molar-refractivity contribution in [2.45, 2.75) is 40.2 Å². The lowest BCUT2D eigenvalue weighted by Gasteiger charge is -2.22. The molecule has 1 aromatic heterocycles.